The van der Waals surface area contributed by atoms with Crippen molar-refractivity contribution in [2.24, 2.45) is 11.8 Å². The highest BCUT2D eigenvalue weighted by Crippen LogP contribution is 2.60. The number of halogens is 3. The number of aromatic nitrogens is 1. The van der Waals surface area contributed by atoms with Gasteiger partial charge in [-0.25, -0.2) is 0 Å². The summed E-state index contributed by atoms with van der Waals surface area (Å²) in [6.07, 6.45) is -6.76. The fourth-order valence-electron chi connectivity index (χ4n) is 8.76. The van der Waals surface area contributed by atoms with E-state index in [1.54, 1.807) is 43.3 Å². The molecule has 11 nitrogen and oxygen atoms in total. The molecule has 0 spiro atoms. The van der Waals surface area contributed by atoms with Crippen LogP contribution in [0.4, 0.5) is 13.2 Å². The maximum atomic E-state index is 15.8. The topological polar surface area (TPSA) is 130 Å². The van der Waals surface area contributed by atoms with Crippen LogP contribution in [0.1, 0.15) is 89.0 Å². The van der Waals surface area contributed by atoms with Crippen molar-refractivity contribution in [2.75, 3.05) is 28.3 Å². The summed E-state index contributed by atoms with van der Waals surface area (Å²) in [7, 11) is 2.90. The number of aliphatic hydroxyl groups is 1. The minimum atomic E-state index is -4.95. The van der Waals surface area contributed by atoms with Crippen LogP contribution in [0.15, 0.2) is 76.8 Å². The molecule has 0 bridgehead atoms. The highest BCUT2D eigenvalue weighted by molar-refractivity contribution is 6.74. The van der Waals surface area contributed by atoms with Gasteiger partial charge in [0, 0.05) is 31.3 Å². The number of hydrogen-bond acceptors (Lipinski definition) is 11. The highest BCUT2D eigenvalue weighted by atomic mass is 28.4. The first-order valence-electron chi connectivity index (χ1n) is 19.8. The lowest BCUT2D eigenvalue weighted by Crippen LogP contribution is -2.68. The number of ketones is 2. The smallest absolute Gasteiger partial charge is 0.417 e. The van der Waals surface area contributed by atoms with E-state index in [-0.39, 0.29) is 71.3 Å². The van der Waals surface area contributed by atoms with Crippen molar-refractivity contribution in [2.45, 2.75) is 89.1 Å². The van der Waals surface area contributed by atoms with Crippen LogP contribution in [0.2, 0.25) is 18.1 Å². The van der Waals surface area contributed by atoms with E-state index in [0.717, 1.165) is 11.6 Å². The predicted molar refractivity (Wildman–Crippen MR) is 218 cm³/mol. The van der Waals surface area contributed by atoms with Gasteiger partial charge in [0.15, 0.2) is 26.0 Å². The van der Waals surface area contributed by atoms with Gasteiger partial charge in [0.2, 0.25) is 11.6 Å². The van der Waals surface area contributed by atoms with E-state index < -0.39 is 72.2 Å². The Morgan fingerprint density at radius 3 is 2.03 bits per heavy atom. The van der Waals surface area contributed by atoms with Gasteiger partial charge in [-0.2, -0.15) is 13.2 Å². The van der Waals surface area contributed by atoms with Gasteiger partial charge in [-0.05, 0) is 78.9 Å². The third kappa shape index (κ3) is 7.27. The monoisotopic (exact) mass is 848 g/mol. The zero-order chi connectivity index (χ0) is 43.5. The summed E-state index contributed by atoms with van der Waals surface area (Å²) in [5.74, 6) is -4.31. The molecule has 3 aliphatic rings. The lowest BCUT2D eigenvalue weighted by atomic mass is 9.57. The lowest BCUT2D eigenvalue weighted by molar-refractivity contribution is -0.148. The molecule has 1 N–H and O–H groups in total. The van der Waals surface area contributed by atoms with Crippen molar-refractivity contribution < 1.29 is 55.8 Å². The molecule has 0 amide bonds. The minimum Gasteiger partial charge on any atom is -0.507 e. The number of aliphatic hydroxyl groups excluding tert-OH is 1. The van der Waals surface area contributed by atoms with Gasteiger partial charge < -0.3 is 33.0 Å². The van der Waals surface area contributed by atoms with E-state index in [2.05, 4.69) is 5.16 Å². The number of methoxy groups -OCH3 is 2. The SMILES string of the molecule is COC(OC)c1cc(OCc2ccccc2)c2c(c1C(F)(F)F)C[C@H]1C[C@H]3[C@H](N(C)C)c4onc(OCc5ccccc5)c4C(=O)C3(O[Si](C)(C)C(C)(C)C)C(=O)C1=C2O. The van der Waals surface area contributed by atoms with E-state index in [9.17, 15) is 5.11 Å². The summed E-state index contributed by atoms with van der Waals surface area (Å²) in [6.45, 7) is 9.74. The molecule has 3 aromatic carbocycles. The molecule has 320 valence electrons. The molecule has 60 heavy (non-hydrogen) atoms. The minimum absolute atomic E-state index is 0.0339. The van der Waals surface area contributed by atoms with Crippen molar-refractivity contribution in [3.63, 3.8) is 0 Å². The summed E-state index contributed by atoms with van der Waals surface area (Å²) < 4.78 is 82.6. The van der Waals surface area contributed by atoms with E-state index >= 15 is 22.8 Å². The molecule has 0 saturated heterocycles. The molecular formula is C45H51F3N2O9Si. The van der Waals surface area contributed by atoms with Crippen LogP contribution in [0, 0.1) is 11.8 Å². The predicted octanol–water partition coefficient (Wildman–Crippen LogP) is 9.43. The zero-order valence-electron chi connectivity index (χ0n) is 35.2. The number of alkyl halides is 3. The Bertz CT molecular complexity index is 2300. The number of hydrogen-bond donors (Lipinski definition) is 1. The average Bonchev–Trinajstić information content (AvgIpc) is 3.60. The van der Waals surface area contributed by atoms with Crippen molar-refractivity contribution in [3.8, 4) is 11.6 Å². The largest absolute Gasteiger partial charge is 0.507 e. The molecule has 15 heteroatoms. The molecule has 1 fully saturated rings. The first kappa shape index (κ1) is 43.3. The van der Waals surface area contributed by atoms with Gasteiger partial charge in [-0.15, -0.1) is 0 Å². The van der Waals surface area contributed by atoms with Gasteiger partial charge in [0.1, 0.15) is 30.3 Å². The molecule has 1 aromatic heterocycles. The van der Waals surface area contributed by atoms with Crippen LogP contribution in [-0.2, 0) is 44.5 Å². The second-order valence-electron chi connectivity index (χ2n) is 17.4. The fraction of sp³-hybridized carbons (Fsp3) is 0.444. The Kier molecular flexibility index (Phi) is 11.5. The van der Waals surface area contributed by atoms with Crippen LogP contribution >= 0.6 is 0 Å². The summed E-state index contributed by atoms with van der Waals surface area (Å²) in [5, 5.41) is 16.2. The van der Waals surface area contributed by atoms with Crippen molar-refractivity contribution >= 4 is 25.6 Å². The second-order valence-corrected chi connectivity index (χ2v) is 22.2. The first-order chi connectivity index (χ1) is 28.3. The molecule has 1 heterocycles. The Hall–Kier alpha value is -4.80. The van der Waals surface area contributed by atoms with E-state index in [1.807, 2.05) is 70.3 Å². The molecular weight excluding hydrogens is 798 g/mol. The number of benzene rings is 3. The third-order valence-electron chi connectivity index (χ3n) is 12.5. The molecule has 4 aromatic rings. The van der Waals surface area contributed by atoms with Crippen LogP contribution in [0.25, 0.3) is 5.76 Å². The Labute approximate surface area is 348 Å². The number of nitrogens with zero attached hydrogens (tertiary/aromatic N) is 2. The number of fused-ring (bicyclic) bond motifs is 4. The summed E-state index contributed by atoms with van der Waals surface area (Å²) in [6, 6.07) is 18.6. The molecule has 0 aliphatic heterocycles. The average molecular weight is 849 g/mol. The molecule has 7 rings (SSSR count). The number of carbonyl (C=O) groups excluding carboxylic acids is 2. The Balaban J connectivity index is 1.47. The van der Waals surface area contributed by atoms with Gasteiger partial charge in [-0.1, -0.05) is 81.4 Å². The highest BCUT2D eigenvalue weighted by Gasteiger charge is 2.69. The molecule has 1 saturated carbocycles. The summed E-state index contributed by atoms with van der Waals surface area (Å²) in [4.78, 5) is 33.2. The van der Waals surface area contributed by atoms with Crippen molar-refractivity contribution in [1.29, 1.82) is 0 Å². The lowest BCUT2D eigenvalue weighted by Gasteiger charge is -2.55. The van der Waals surface area contributed by atoms with Gasteiger partial charge in [-0.3, -0.25) is 14.5 Å². The summed E-state index contributed by atoms with van der Waals surface area (Å²) in [5.41, 5.74) is -2.97. The van der Waals surface area contributed by atoms with Gasteiger partial charge in [0.05, 0.1) is 17.2 Å². The third-order valence-corrected chi connectivity index (χ3v) is 17.0. The van der Waals surface area contributed by atoms with E-state index in [0.29, 0.717) is 5.56 Å². The zero-order valence-corrected chi connectivity index (χ0v) is 36.2. The second kappa shape index (κ2) is 15.9. The molecule has 1 unspecified atom stereocenters. The number of rotatable bonds is 12. The normalized spacial score (nSPS) is 21.8. The molecule has 3 aliphatic carbocycles. The molecule has 4 atom stereocenters. The van der Waals surface area contributed by atoms with Gasteiger partial charge in [0.25, 0.3) is 5.88 Å². The van der Waals surface area contributed by atoms with Crippen molar-refractivity contribution in [3.05, 3.63) is 117 Å². The van der Waals surface area contributed by atoms with Gasteiger partial charge >= 0.3 is 6.18 Å². The number of carbonyl (C=O) groups is 2. The van der Waals surface area contributed by atoms with Crippen LogP contribution in [0.3, 0.4) is 0 Å². The van der Waals surface area contributed by atoms with E-state index in [1.165, 1.54) is 14.2 Å². The molecule has 0 radical (unpaired) electrons. The first-order valence-corrected chi connectivity index (χ1v) is 22.7. The van der Waals surface area contributed by atoms with Crippen molar-refractivity contribution in [1.82, 2.24) is 10.1 Å². The van der Waals surface area contributed by atoms with Crippen LogP contribution < -0.4 is 9.47 Å². The van der Waals surface area contributed by atoms with Crippen LogP contribution in [-0.4, -0.2) is 69.0 Å². The maximum absolute atomic E-state index is 15.8. The maximum Gasteiger partial charge on any atom is 0.417 e. The Morgan fingerprint density at radius 2 is 1.50 bits per heavy atom. The quantitative estimate of drug-likeness (QED) is 0.0832. The number of Topliss-reactive ketones (excluding diaryl/α,β-unsaturated/α-hetero) is 2. The van der Waals surface area contributed by atoms with Crippen LogP contribution in [0.5, 0.6) is 11.6 Å². The number of ether oxygens (including phenoxy) is 4. The standard InChI is InChI=1S/C45H51F3N2O9Si/c1-43(2,3)60(8,9)59-44-30(36(50(4)5)38-34(40(44)53)41(49-58-38)57-24-26-18-14-11-15-19-26)21-27-20-28-33(37(51)32(27)39(44)52)31(56-23-25-16-12-10-13-17-25)22-29(42(54-6)55-7)35(28)45(46,47)48/h10-19,22,27,30,36,42,51H,20-21,23-24H2,1-9H3/t27-,30-,36-,44?/m0/s1. The fourth-order valence-corrected chi connectivity index (χ4v) is 10.2. The Morgan fingerprint density at radius 1 is 0.917 bits per heavy atom. The summed E-state index contributed by atoms with van der Waals surface area (Å²) >= 11 is 0. The van der Waals surface area contributed by atoms with E-state index in [4.69, 9.17) is 27.9 Å².